The van der Waals surface area contributed by atoms with E-state index in [-0.39, 0.29) is 34.3 Å². The van der Waals surface area contributed by atoms with Crippen LogP contribution in [0.1, 0.15) is 49.2 Å². The van der Waals surface area contributed by atoms with Gasteiger partial charge in [0.15, 0.2) is 0 Å². The lowest BCUT2D eigenvalue weighted by Crippen LogP contribution is -2.32. The van der Waals surface area contributed by atoms with Crippen LogP contribution in [0.15, 0.2) is 24.3 Å². The highest BCUT2D eigenvalue weighted by atomic mass is 19.1. The summed E-state index contributed by atoms with van der Waals surface area (Å²) >= 11 is 0. The number of carbonyl (C=O) groups excluding carboxylic acids is 1. The fourth-order valence-electron chi connectivity index (χ4n) is 2.94. The molecule has 3 nitrogen and oxygen atoms in total. The molecule has 140 valence electrons. The molecule has 5 heteroatoms. The SMILES string of the molecule is Cc1c(F)c(-c2ccc(NC(C)C)cc2)c(C)c(F)c1C(=O)NC(C)C. The first kappa shape index (κ1) is 19.9. The molecule has 0 bridgehead atoms. The van der Waals surface area contributed by atoms with Crippen molar-refractivity contribution in [3.8, 4) is 11.1 Å². The monoisotopic (exact) mass is 360 g/mol. The quantitative estimate of drug-likeness (QED) is 0.769. The third-order valence-electron chi connectivity index (χ3n) is 4.12. The fourth-order valence-corrected chi connectivity index (χ4v) is 2.94. The molecule has 0 saturated heterocycles. The number of amides is 1. The zero-order valence-corrected chi connectivity index (χ0v) is 16.1. The van der Waals surface area contributed by atoms with E-state index in [1.54, 1.807) is 26.0 Å². The van der Waals surface area contributed by atoms with Crippen LogP contribution >= 0.6 is 0 Å². The van der Waals surface area contributed by atoms with Crippen LogP contribution < -0.4 is 10.6 Å². The molecule has 2 aromatic carbocycles. The maximum Gasteiger partial charge on any atom is 0.254 e. The number of nitrogens with one attached hydrogen (secondary N) is 2. The van der Waals surface area contributed by atoms with Gasteiger partial charge in [-0.1, -0.05) is 12.1 Å². The average molecular weight is 360 g/mol. The number of hydrogen-bond donors (Lipinski definition) is 2. The lowest BCUT2D eigenvalue weighted by Gasteiger charge is -2.18. The van der Waals surface area contributed by atoms with Gasteiger partial charge in [0.05, 0.1) is 5.56 Å². The molecule has 0 fully saturated rings. The summed E-state index contributed by atoms with van der Waals surface area (Å²) in [6.45, 7) is 10.5. The summed E-state index contributed by atoms with van der Waals surface area (Å²) in [4.78, 5) is 12.3. The second-order valence-electron chi connectivity index (χ2n) is 7.13. The Balaban J connectivity index is 2.53. The van der Waals surface area contributed by atoms with E-state index in [1.165, 1.54) is 13.8 Å². The summed E-state index contributed by atoms with van der Waals surface area (Å²) in [5.74, 6) is -1.84. The van der Waals surface area contributed by atoms with Crippen LogP contribution in [0.3, 0.4) is 0 Å². The van der Waals surface area contributed by atoms with E-state index >= 15 is 4.39 Å². The molecule has 0 spiro atoms. The molecule has 0 aliphatic heterocycles. The molecule has 2 rings (SSSR count). The minimum absolute atomic E-state index is 0.0191. The second-order valence-corrected chi connectivity index (χ2v) is 7.13. The predicted molar refractivity (Wildman–Crippen MR) is 103 cm³/mol. The Kier molecular flexibility index (Phi) is 6.01. The highest BCUT2D eigenvalue weighted by Gasteiger charge is 2.25. The summed E-state index contributed by atoms with van der Waals surface area (Å²) in [6, 6.07) is 7.29. The Morgan fingerprint density at radius 2 is 1.46 bits per heavy atom. The summed E-state index contributed by atoms with van der Waals surface area (Å²) in [5, 5.41) is 5.88. The predicted octanol–water partition coefficient (Wildman–Crippen LogP) is 5.21. The van der Waals surface area contributed by atoms with E-state index in [0.717, 1.165) is 5.69 Å². The standard InChI is InChI=1S/C21H26F2N2O/c1-11(2)24-16-9-7-15(8-10-16)17-13(5)20(23)18(14(6)19(17)22)21(26)25-12(3)4/h7-12,24H,1-6H3,(H,25,26). The van der Waals surface area contributed by atoms with Gasteiger partial charge in [-0.15, -0.1) is 0 Å². The Labute approximate surface area is 153 Å². The van der Waals surface area contributed by atoms with Crippen molar-refractivity contribution in [1.82, 2.24) is 5.32 Å². The lowest BCUT2D eigenvalue weighted by molar-refractivity contribution is 0.0937. The molecule has 1 amide bonds. The smallest absolute Gasteiger partial charge is 0.254 e. The van der Waals surface area contributed by atoms with Crippen LogP contribution in [0.4, 0.5) is 14.5 Å². The molecule has 26 heavy (non-hydrogen) atoms. The van der Waals surface area contributed by atoms with E-state index in [0.29, 0.717) is 5.56 Å². The van der Waals surface area contributed by atoms with E-state index < -0.39 is 17.5 Å². The Morgan fingerprint density at radius 3 is 1.96 bits per heavy atom. The van der Waals surface area contributed by atoms with Gasteiger partial charge in [-0.3, -0.25) is 4.79 Å². The van der Waals surface area contributed by atoms with E-state index in [9.17, 15) is 9.18 Å². The van der Waals surface area contributed by atoms with E-state index in [2.05, 4.69) is 10.6 Å². The number of anilines is 1. The van der Waals surface area contributed by atoms with Gasteiger partial charge in [-0.2, -0.15) is 0 Å². The molecule has 0 radical (unpaired) electrons. The maximum atomic E-state index is 15.0. The van der Waals surface area contributed by atoms with Crippen molar-refractivity contribution in [2.45, 2.75) is 53.6 Å². The maximum absolute atomic E-state index is 15.0. The minimum atomic E-state index is -0.679. The zero-order valence-electron chi connectivity index (χ0n) is 16.1. The average Bonchev–Trinajstić information content (AvgIpc) is 2.54. The summed E-state index contributed by atoms with van der Waals surface area (Å²) < 4.78 is 29.9. The lowest BCUT2D eigenvalue weighted by atomic mass is 9.92. The Bertz CT molecular complexity index is 783. The van der Waals surface area contributed by atoms with Crippen molar-refractivity contribution in [2.75, 3.05) is 5.32 Å². The fraction of sp³-hybridized carbons (Fsp3) is 0.381. The molecule has 0 saturated carbocycles. The molecule has 0 aromatic heterocycles. The van der Waals surface area contributed by atoms with Gasteiger partial charge in [-0.05, 0) is 64.8 Å². The molecule has 2 N–H and O–H groups in total. The molecule has 2 aromatic rings. The van der Waals surface area contributed by atoms with E-state index in [4.69, 9.17) is 0 Å². The van der Waals surface area contributed by atoms with Crippen molar-refractivity contribution in [1.29, 1.82) is 0 Å². The van der Waals surface area contributed by atoms with Gasteiger partial charge in [0.25, 0.3) is 5.91 Å². The molecule has 0 unspecified atom stereocenters. The van der Waals surface area contributed by atoms with Gasteiger partial charge in [0, 0.05) is 28.9 Å². The zero-order chi connectivity index (χ0) is 19.6. The van der Waals surface area contributed by atoms with Crippen LogP contribution in [0.2, 0.25) is 0 Å². The third kappa shape index (κ3) is 4.03. The number of rotatable bonds is 5. The number of carbonyl (C=O) groups is 1. The van der Waals surface area contributed by atoms with Crippen LogP contribution in [-0.2, 0) is 0 Å². The minimum Gasteiger partial charge on any atom is -0.383 e. The Morgan fingerprint density at radius 1 is 0.885 bits per heavy atom. The van der Waals surface area contributed by atoms with Crippen molar-refractivity contribution < 1.29 is 13.6 Å². The first-order valence-corrected chi connectivity index (χ1v) is 8.79. The second kappa shape index (κ2) is 7.85. The van der Waals surface area contributed by atoms with Crippen LogP contribution in [0.25, 0.3) is 11.1 Å². The number of halogens is 2. The van der Waals surface area contributed by atoms with Gasteiger partial charge >= 0.3 is 0 Å². The highest BCUT2D eigenvalue weighted by Crippen LogP contribution is 2.33. The van der Waals surface area contributed by atoms with Crippen LogP contribution in [0, 0.1) is 25.5 Å². The van der Waals surface area contributed by atoms with Gasteiger partial charge in [0.2, 0.25) is 0 Å². The number of benzene rings is 2. The molecule has 0 atom stereocenters. The van der Waals surface area contributed by atoms with Crippen molar-refractivity contribution in [3.63, 3.8) is 0 Å². The van der Waals surface area contributed by atoms with Crippen LogP contribution in [-0.4, -0.2) is 18.0 Å². The summed E-state index contributed by atoms with van der Waals surface area (Å²) in [5.41, 5.74) is 1.60. The van der Waals surface area contributed by atoms with Gasteiger partial charge in [-0.25, -0.2) is 8.78 Å². The molecule has 0 heterocycles. The topological polar surface area (TPSA) is 41.1 Å². The van der Waals surface area contributed by atoms with Gasteiger partial charge < -0.3 is 10.6 Å². The highest BCUT2D eigenvalue weighted by molar-refractivity contribution is 5.97. The van der Waals surface area contributed by atoms with Crippen molar-refractivity contribution in [3.05, 3.63) is 52.6 Å². The van der Waals surface area contributed by atoms with E-state index in [1.807, 2.05) is 26.0 Å². The first-order valence-electron chi connectivity index (χ1n) is 8.79. The molecular weight excluding hydrogens is 334 g/mol. The molecular formula is C21H26F2N2O. The van der Waals surface area contributed by atoms with Crippen LogP contribution in [0.5, 0.6) is 0 Å². The van der Waals surface area contributed by atoms with Gasteiger partial charge in [0.1, 0.15) is 11.6 Å². The third-order valence-corrected chi connectivity index (χ3v) is 4.12. The van der Waals surface area contributed by atoms with Crippen molar-refractivity contribution >= 4 is 11.6 Å². The first-order chi connectivity index (χ1) is 12.1. The summed E-state index contributed by atoms with van der Waals surface area (Å²) in [7, 11) is 0. The molecule has 0 aliphatic rings. The normalized spacial score (nSPS) is 11.2. The van der Waals surface area contributed by atoms with Crippen molar-refractivity contribution in [2.24, 2.45) is 0 Å². The molecule has 0 aliphatic carbocycles. The Hall–Kier alpha value is -2.43. The number of hydrogen-bond acceptors (Lipinski definition) is 2. The summed E-state index contributed by atoms with van der Waals surface area (Å²) in [6.07, 6.45) is 0. The largest absolute Gasteiger partial charge is 0.383 e.